The number of nitrogens with two attached hydrogens (primary N) is 1. The number of amides is 1. The summed E-state index contributed by atoms with van der Waals surface area (Å²) in [6.07, 6.45) is -1.03. The van der Waals surface area contributed by atoms with E-state index in [-0.39, 0.29) is 29.4 Å². The molecule has 11 heteroatoms. The zero-order valence-corrected chi connectivity index (χ0v) is 11.8. The van der Waals surface area contributed by atoms with E-state index in [9.17, 15) is 23.3 Å². The molecule has 0 aliphatic rings. The molecule has 0 radical (unpaired) electrons. The number of anilines is 1. The first-order valence-electron chi connectivity index (χ1n) is 5.66. The Morgan fingerprint density at radius 2 is 2.14 bits per heavy atom. The number of hydrogen-bond acceptors (Lipinski definition) is 7. The highest BCUT2D eigenvalue weighted by molar-refractivity contribution is 7.89. The van der Waals surface area contributed by atoms with Crippen molar-refractivity contribution in [1.82, 2.24) is 4.72 Å². The first-order chi connectivity index (χ1) is 9.77. The third kappa shape index (κ3) is 4.57. The molecule has 0 aliphatic carbocycles. The highest BCUT2D eigenvalue weighted by atomic mass is 32.2. The van der Waals surface area contributed by atoms with Crippen LogP contribution in [0.2, 0.25) is 0 Å². The Bertz CT molecular complexity index is 645. The lowest BCUT2D eigenvalue weighted by atomic mass is 10.3. The topological polar surface area (TPSA) is 154 Å². The molecular weight excluding hydrogens is 304 g/mol. The van der Waals surface area contributed by atoms with Crippen molar-refractivity contribution >= 4 is 27.5 Å². The molecule has 10 nitrogen and oxygen atoms in total. The molecule has 21 heavy (non-hydrogen) atoms. The first kappa shape index (κ1) is 16.7. The van der Waals surface area contributed by atoms with Crippen LogP contribution in [0.3, 0.4) is 0 Å². The quantitative estimate of drug-likeness (QED) is 0.363. The third-order valence-electron chi connectivity index (χ3n) is 2.37. The number of nitro benzene ring substituents is 1. The van der Waals surface area contributed by atoms with Crippen molar-refractivity contribution in [2.75, 3.05) is 25.5 Å². The standard InChI is InChI=1S/C10H14N4O6S/c1-12-8-3-2-7(14(16)17)6-9(8)21(18,19)13-4-5-20-10(11)15/h2-3,6,12-13H,4-5H2,1H3,(H2,11,15). The van der Waals surface area contributed by atoms with Crippen molar-refractivity contribution in [2.45, 2.75) is 4.90 Å². The van der Waals surface area contributed by atoms with Crippen LogP contribution in [-0.2, 0) is 14.8 Å². The van der Waals surface area contributed by atoms with Gasteiger partial charge in [-0.15, -0.1) is 0 Å². The van der Waals surface area contributed by atoms with E-state index in [4.69, 9.17) is 5.73 Å². The predicted molar refractivity (Wildman–Crippen MR) is 73.4 cm³/mol. The zero-order valence-electron chi connectivity index (χ0n) is 11.0. The summed E-state index contributed by atoms with van der Waals surface area (Å²) in [4.78, 5) is 20.1. The minimum absolute atomic E-state index is 0.198. The summed E-state index contributed by atoms with van der Waals surface area (Å²) < 4.78 is 30.7. The van der Waals surface area contributed by atoms with Crippen molar-refractivity contribution in [3.8, 4) is 0 Å². The van der Waals surface area contributed by atoms with E-state index in [2.05, 4.69) is 14.8 Å². The fourth-order valence-corrected chi connectivity index (χ4v) is 2.70. The maximum atomic E-state index is 12.1. The van der Waals surface area contributed by atoms with Gasteiger partial charge in [0.05, 0.1) is 10.6 Å². The van der Waals surface area contributed by atoms with E-state index in [1.54, 1.807) is 0 Å². The van der Waals surface area contributed by atoms with Gasteiger partial charge in [0.1, 0.15) is 11.5 Å². The monoisotopic (exact) mass is 318 g/mol. The number of carbonyl (C=O) groups is 1. The number of sulfonamides is 1. The maximum absolute atomic E-state index is 12.1. The van der Waals surface area contributed by atoms with Gasteiger partial charge in [0, 0.05) is 25.7 Å². The second-order valence-corrected chi connectivity index (χ2v) is 5.49. The van der Waals surface area contributed by atoms with E-state index in [1.165, 1.54) is 19.2 Å². The lowest BCUT2D eigenvalue weighted by molar-refractivity contribution is -0.385. The fraction of sp³-hybridized carbons (Fsp3) is 0.300. The van der Waals surface area contributed by atoms with Crippen LogP contribution >= 0.6 is 0 Å². The molecule has 0 saturated heterocycles. The van der Waals surface area contributed by atoms with Gasteiger partial charge in [-0.3, -0.25) is 10.1 Å². The molecule has 1 aromatic rings. The van der Waals surface area contributed by atoms with Crippen molar-refractivity contribution in [2.24, 2.45) is 5.73 Å². The second kappa shape index (κ2) is 6.85. The van der Waals surface area contributed by atoms with Gasteiger partial charge in [-0.2, -0.15) is 0 Å². The van der Waals surface area contributed by atoms with Crippen molar-refractivity contribution in [1.29, 1.82) is 0 Å². The van der Waals surface area contributed by atoms with Gasteiger partial charge < -0.3 is 15.8 Å². The molecule has 4 N–H and O–H groups in total. The largest absolute Gasteiger partial charge is 0.448 e. The van der Waals surface area contributed by atoms with Gasteiger partial charge in [0.2, 0.25) is 10.0 Å². The molecule has 0 atom stereocenters. The Hall–Kier alpha value is -2.40. The fourth-order valence-electron chi connectivity index (χ4n) is 1.46. The SMILES string of the molecule is CNc1ccc([N+](=O)[O-])cc1S(=O)(=O)NCCOC(N)=O. The van der Waals surface area contributed by atoms with Gasteiger partial charge in [0.15, 0.2) is 0 Å². The molecule has 0 bridgehead atoms. The number of carbonyl (C=O) groups excluding carboxylic acids is 1. The normalized spacial score (nSPS) is 10.9. The molecule has 0 aromatic heterocycles. The van der Waals surface area contributed by atoms with Gasteiger partial charge in [-0.1, -0.05) is 0 Å². The summed E-state index contributed by atoms with van der Waals surface area (Å²) in [5, 5.41) is 13.3. The van der Waals surface area contributed by atoms with Crippen LogP contribution in [0.15, 0.2) is 23.1 Å². The molecule has 0 heterocycles. The average molecular weight is 318 g/mol. The molecule has 0 unspecified atom stereocenters. The molecule has 0 aliphatic heterocycles. The van der Waals surface area contributed by atoms with E-state index in [0.29, 0.717) is 0 Å². The number of hydrogen-bond donors (Lipinski definition) is 3. The number of nitro groups is 1. The molecular formula is C10H14N4O6S. The van der Waals surface area contributed by atoms with Crippen molar-refractivity contribution in [3.63, 3.8) is 0 Å². The van der Waals surface area contributed by atoms with Crippen LogP contribution in [0, 0.1) is 10.1 Å². The number of primary amides is 1. The first-order valence-corrected chi connectivity index (χ1v) is 7.14. The summed E-state index contributed by atoms with van der Waals surface area (Å²) in [5.74, 6) is 0. The van der Waals surface area contributed by atoms with Gasteiger partial charge in [-0.05, 0) is 6.07 Å². The Morgan fingerprint density at radius 3 is 2.67 bits per heavy atom. The summed E-state index contributed by atoms with van der Waals surface area (Å²) in [6, 6.07) is 3.40. The third-order valence-corrected chi connectivity index (χ3v) is 3.87. The van der Waals surface area contributed by atoms with E-state index in [0.717, 1.165) is 6.07 Å². The summed E-state index contributed by atoms with van der Waals surface area (Å²) >= 11 is 0. The van der Waals surface area contributed by atoms with Crippen LogP contribution < -0.4 is 15.8 Å². The Labute approximate surface area is 120 Å². The lowest BCUT2D eigenvalue weighted by Gasteiger charge is -2.11. The smallest absolute Gasteiger partial charge is 0.404 e. The average Bonchev–Trinajstić information content (AvgIpc) is 2.42. The minimum atomic E-state index is -4.01. The highest BCUT2D eigenvalue weighted by Crippen LogP contribution is 2.25. The Balaban J connectivity index is 2.97. The Morgan fingerprint density at radius 1 is 1.48 bits per heavy atom. The van der Waals surface area contributed by atoms with Gasteiger partial charge in [0.25, 0.3) is 5.69 Å². The molecule has 0 fully saturated rings. The molecule has 0 spiro atoms. The predicted octanol–water partition coefficient (Wildman–Crippen LogP) is 0.0101. The number of non-ortho nitro benzene ring substituents is 1. The minimum Gasteiger partial charge on any atom is -0.448 e. The van der Waals surface area contributed by atoms with Gasteiger partial charge >= 0.3 is 6.09 Å². The van der Waals surface area contributed by atoms with Crippen LogP contribution in [0.5, 0.6) is 0 Å². The lowest BCUT2D eigenvalue weighted by Crippen LogP contribution is -2.29. The number of rotatable bonds is 7. The maximum Gasteiger partial charge on any atom is 0.404 e. The second-order valence-electron chi connectivity index (χ2n) is 3.75. The van der Waals surface area contributed by atoms with E-state index >= 15 is 0 Å². The highest BCUT2D eigenvalue weighted by Gasteiger charge is 2.21. The van der Waals surface area contributed by atoms with Crippen LogP contribution in [0.4, 0.5) is 16.2 Å². The molecule has 0 saturated carbocycles. The molecule has 116 valence electrons. The van der Waals surface area contributed by atoms with Crippen molar-refractivity contribution in [3.05, 3.63) is 28.3 Å². The summed E-state index contributed by atoms with van der Waals surface area (Å²) in [6.45, 7) is -0.463. The zero-order chi connectivity index (χ0) is 16.0. The van der Waals surface area contributed by atoms with Crippen LogP contribution in [-0.4, -0.2) is 39.6 Å². The van der Waals surface area contributed by atoms with E-state index in [1.807, 2.05) is 0 Å². The Kier molecular flexibility index (Phi) is 5.44. The molecule has 1 rings (SSSR count). The van der Waals surface area contributed by atoms with Crippen LogP contribution in [0.25, 0.3) is 0 Å². The van der Waals surface area contributed by atoms with Crippen molar-refractivity contribution < 1.29 is 22.9 Å². The van der Waals surface area contributed by atoms with Gasteiger partial charge in [-0.25, -0.2) is 17.9 Å². The number of nitrogens with one attached hydrogen (secondary N) is 2. The molecule has 1 amide bonds. The number of ether oxygens (including phenoxy) is 1. The summed E-state index contributed by atoms with van der Waals surface area (Å²) in [7, 11) is -2.52. The summed E-state index contributed by atoms with van der Waals surface area (Å²) in [5.41, 5.74) is 4.57. The van der Waals surface area contributed by atoms with Crippen LogP contribution in [0.1, 0.15) is 0 Å². The van der Waals surface area contributed by atoms with E-state index < -0.39 is 21.0 Å². The number of benzene rings is 1. The molecule has 1 aromatic carbocycles. The number of nitrogens with zero attached hydrogens (tertiary/aromatic N) is 1.